The normalized spacial score (nSPS) is 23.6. The molecule has 0 aromatic heterocycles. The summed E-state index contributed by atoms with van der Waals surface area (Å²) >= 11 is 3.30. The summed E-state index contributed by atoms with van der Waals surface area (Å²) < 4.78 is 30.1. The minimum absolute atomic E-state index is 0.0456. The van der Waals surface area contributed by atoms with Crippen molar-refractivity contribution in [2.75, 3.05) is 0 Å². The average Bonchev–Trinajstić information content (AvgIpc) is 2.31. The molecule has 1 aromatic rings. The van der Waals surface area contributed by atoms with Crippen LogP contribution in [-0.2, 0) is 9.05 Å². The van der Waals surface area contributed by atoms with E-state index in [9.17, 15) is 8.42 Å². The van der Waals surface area contributed by atoms with Crippen LogP contribution in [0.3, 0.4) is 0 Å². The Labute approximate surface area is 133 Å². The van der Waals surface area contributed by atoms with Crippen LogP contribution in [-0.4, -0.2) is 14.5 Å². The molecule has 1 aliphatic rings. The zero-order valence-corrected chi connectivity index (χ0v) is 14.7. The molecule has 0 heterocycles. The Morgan fingerprint density at radius 1 is 1.35 bits per heavy atom. The Balaban J connectivity index is 2.35. The number of benzene rings is 1. The van der Waals surface area contributed by atoms with Gasteiger partial charge in [-0.3, -0.25) is 0 Å². The lowest BCUT2D eigenvalue weighted by molar-refractivity contribution is 0.125. The molecule has 1 aromatic carbocycles. The number of halogens is 2. The van der Waals surface area contributed by atoms with Crippen molar-refractivity contribution in [1.82, 2.24) is 0 Å². The molecule has 1 fully saturated rings. The van der Waals surface area contributed by atoms with E-state index in [0.29, 0.717) is 16.1 Å². The van der Waals surface area contributed by atoms with Crippen molar-refractivity contribution in [2.45, 2.75) is 50.5 Å². The van der Waals surface area contributed by atoms with Crippen molar-refractivity contribution >= 4 is 35.7 Å². The van der Waals surface area contributed by atoms with Crippen LogP contribution in [0.5, 0.6) is 5.75 Å². The van der Waals surface area contributed by atoms with Crippen LogP contribution in [0.2, 0.25) is 0 Å². The van der Waals surface area contributed by atoms with Gasteiger partial charge in [-0.25, -0.2) is 8.42 Å². The Bertz CT molecular complexity index is 601. The molecule has 0 saturated heterocycles. The summed E-state index contributed by atoms with van der Waals surface area (Å²) in [6.45, 7) is 4.03. The van der Waals surface area contributed by atoms with Gasteiger partial charge < -0.3 is 4.74 Å². The number of hydrogen-bond acceptors (Lipinski definition) is 3. The number of aryl methyl sites for hydroxylation is 1. The monoisotopic (exact) mass is 380 g/mol. The SMILES string of the molecule is Cc1cc(Br)cc(S(=O)(=O)Cl)c1OC1CCCC(C)C1. The van der Waals surface area contributed by atoms with E-state index >= 15 is 0 Å². The Hall–Kier alpha value is -0.260. The molecule has 0 N–H and O–H groups in total. The fraction of sp³-hybridized carbons (Fsp3) is 0.571. The predicted molar refractivity (Wildman–Crippen MR) is 84.0 cm³/mol. The zero-order chi connectivity index (χ0) is 14.9. The largest absolute Gasteiger partial charge is 0.489 e. The molecule has 20 heavy (non-hydrogen) atoms. The van der Waals surface area contributed by atoms with E-state index in [0.717, 1.165) is 24.8 Å². The summed E-state index contributed by atoms with van der Waals surface area (Å²) in [5.41, 5.74) is 0.775. The van der Waals surface area contributed by atoms with Gasteiger partial charge in [-0.05, 0) is 49.8 Å². The third-order valence-electron chi connectivity index (χ3n) is 3.64. The van der Waals surface area contributed by atoms with Crippen molar-refractivity contribution in [3.63, 3.8) is 0 Å². The summed E-state index contributed by atoms with van der Waals surface area (Å²) in [7, 11) is 1.70. The van der Waals surface area contributed by atoms with Gasteiger partial charge in [0.25, 0.3) is 9.05 Å². The van der Waals surface area contributed by atoms with E-state index in [4.69, 9.17) is 15.4 Å². The van der Waals surface area contributed by atoms with E-state index in [1.807, 2.05) is 13.0 Å². The first kappa shape index (κ1) is 16.1. The molecule has 112 valence electrons. The molecule has 6 heteroatoms. The van der Waals surface area contributed by atoms with Gasteiger partial charge in [0.2, 0.25) is 0 Å². The van der Waals surface area contributed by atoms with E-state index in [1.165, 1.54) is 12.5 Å². The quantitative estimate of drug-likeness (QED) is 0.716. The maximum absolute atomic E-state index is 11.7. The van der Waals surface area contributed by atoms with Gasteiger partial charge in [-0.15, -0.1) is 0 Å². The van der Waals surface area contributed by atoms with Gasteiger partial charge in [0.15, 0.2) is 0 Å². The van der Waals surface area contributed by atoms with Crippen molar-refractivity contribution in [2.24, 2.45) is 5.92 Å². The van der Waals surface area contributed by atoms with Crippen LogP contribution in [0.1, 0.15) is 38.2 Å². The Morgan fingerprint density at radius 3 is 2.65 bits per heavy atom. The first-order valence-electron chi connectivity index (χ1n) is 6.69. The van der Waals surface area contributed by atoms with E-state index in [-0.39, 0.29) is 11.0 Å². The van der Waals surface area contributed by atoms with Crippen molar-refractivity contribution < 1.29 is 13.2 Å². The summed E-state index contributed by atoms with van der Waals surface area (Å²) in [5, 5.41) is 0. The van der Waals surface area contributed by atoms with E-state index < -0.39 is 9.05 Å². The molecule has 0 radical (unpaired) electrons. The molecule has 1 aliphatic carbocycles. The fourth-order valence-electron chi connectivity index (χ4n) is 2.68. The van der Waals surface area contributed by atoms with Gasteiger partial charge in [-0.1, -0.05) is 29.3 Å². The number of hydrogen-bond donors (Lipinski definition) is 0. The standard InChI is InChI=1S/C14H18BrClO3S/c1-9-4-3-5-12(6-9)19-14-10(2)7-11(15)8-13(14)20(16,17)18/h7-9,12H,3-6H2,1-2H3. The molecule has 0 bridgehead atoms. The summed E-state index contributed by atoms with van der Waals surface area (Å²) in [6, 6.07) is 3.34. The van der Waals surface area contributed by atoms with Gasteiger partial charge in [0.05, 0.1) is 6.10 Å². The minimum atomic E-state index is -3.83. The third kappa shape index (κ3) is 3.89. The second kappa shape index (κ2) is 6.24. The van der Waals surface area contributed by atoms with Crippen LogP contribution >= 0.6 is 26.6 Å². The molecule has 2 unspecified atom stereocenters. The molecule has 2 atom stereocenters. The van der Waals surface area contributed by atoms with Gasteiger partial charge in [-0.2, -0.15) is 0 Å². The maximum atomic E-state index is 11.7. The smallest absolute Gasteiger partial charge is 0.265 e. The van der Waals surface area contributed by atoms with E-state index in [1.54, 1.807) is 0 Å². The number of rotatable bonds is 3. The molecule has 0 aliphatic heterocycles. The van der Waals surface area contributed by atoms with Crippen LogP contribution in [0, 0.1) is 12.8 Å². The first-order valence-corrected chi connectivity index (χ1v) is 9.79. The third-order valence-corrected chi connectivity index (χ3v) is 5.43. The lowest BCUT2D eigenvalue weighted by atomic mass is 9.88. The predicted octanol–water partition coefficient (Wildman–Crippen LogP) is 4.64. The van der Waals surface area contributed by atoms with Crippen molar-refractivity contribution in [3.8, 4) is 5.75 Å². The first-order chi connectivity index (χ1) is 9.27. The average molecular weight is 382 g/mol. The second-order valence-corrected chi connectivity index (χ2v) is 8.95. The summed E-state index contributed by atoms with van der Waals surface area (Å²) in [5.74, 6) is 1.00. The van der Waals surface area contributed by atoms with Crippen LogP contribution in [0.4, 0.5) is 0 Å². The summed E-state index contributed by atoms with van der Waals surface area (Å²) in [4.78, 5) is 0.0456. The molecule has 3 nitrogen and oxygen atoms in total. The van der Waals surface area contributed by atoms with Gasteiger partial charge >= 0.3 is 0 Å². The zero-order valence-electron chi connectivity index (χ0n) is 11.5. The highest BCUT2D eigenvalue weighted by atomic mass is 79.9. The highest BCUT2D eigenvalue weighted by Gasteiger charge is 2.25. The fourth-order valence-corrected chi connectivity index (χ4v) is 4.45. The van der Waals surface area contributed by atoms with Crippen LogP contribution in [0.25, 0.3) is 0 Å². The maximum Gasteiger partial charge on any atom is 0.265 e. The van der Waals surface area contributed by atoms with Gasteiger partial charge in [0.1, 0.15) is 10.6 Å². The highest BCUT2D eigenvalue weighted by molar-refractivity contribution is 9.10. The molecule has 0 spiro atoms. The molecule has 1 saturated carbocycles. The van der Waals surface area contributed by atoms with Crippen molar-refractivity contribution in [1.29, 1.82) is 0 Å². The van der Waals surface area contributed by atoms with E-state index in [2.05, 4.69) is 22.9 Å². The Kier molecular flexibility index (Phi) is 5.03. The van der Waals surface area contributed by atoms with Crippen LogP contribution in [0.15, 0.2) is 21.5 Å². The van der Waals surface area contributed by atoms with Crippen LogP contribution < -0.4 is 4.74 Å². The Morgan fingerprint density at radius 2 is 2.05 bits per heavy atom. The van der Waals surface area contributed by atoms with Gasteiger partial charge in [0, 0.05) is 15.2 Å². The number of ether oxygens (including phenoxy) is 1. The molecule has 0 amide bonds. The second-order valence-electron chi connectivity index (χ2n) is 5.50. The minimum Gasteiger partial charge on any atom is -0.489 e. The topological polar surface area (TPSA) is 43.4 Å². The summed E-state index contributed by atoms with van der Waals surface area (Å²) in [6.07, 6.45) is 4.30. The lowest BCUT2D eigenvalue weighted by Crippen LogP contribution is -2.25. The molecule has 2 rings (SSSR count). The molecular formula is C14H18BrClO3S. The lowest BCUT2D eigenvalue weighted by Gasteiger charge is -2.28. The molecular weight excluding hydrogens is 364 g/mol. The van der Waals surface area contributed by atoms with Crippen molar-refractivity contribution in [3.05, 3.63) is 22.2 Å². The highest BCUT2D eigenvalue weighted by Crippen LogP contribution is 2.36.